The zero-order chi connectivity index (χ0) is 17.6. The molecule has 0 aliphatic carbocycles. The number of benzene rings is 2. The van der Waals surface area contributed by atoms with E-state index in [9.17, 15) is 0 Å². The molecule has 0 spiro atoms. The first-order chi connectivity index (χ1) is 12.1. The highest BCUT2D eigenvalue weighted by atomic mass is 79.9. The van der Waals surface area contributed by atoms with E-state index >= 15 is 0 Å². The molecule has 2 aromatic rings. The standard InChI is InChI=1S/C17H18BrN5O2.ClH/c18-13-4-1-11(2-5-13)8-21-17(23-16(19)20)22-9-12-3-6-14-15(7-12)25-10-24-14;/h1-7H,8-10H2,(H5,19,20,21,22,23);1H. The SMILES string of the molecule is Cl.NC(N)=NC(=NCc1ccc2c(c1)OCO2)NCc1ccc(Br)cc1. The third kappa shape index (κ3) is 5.53. The first-order valence-electron chi connectivity index (χ1n) is 7.61. The Hall–Kier alpha value is -2.45. The van der Waals surface area contributed by atoms with Crippen LogP contribution in [0.1, 0.15) is 11.1 Å². The van der Waals surface area contributed by atoms with E-state index < -0.39 is 0 Å². The molecule has 138 valence electrons. The summed E-state index contributed by atoms with van der Waals surface area (Å²) in [5, 5.41) is 3.14. The van der Waals surface area contributed by atoms with Crippen LogP contribution < -0.4 is 26.3 Å². The van der Waals surface area contributed by atoms with Gasteiger partial charge in [-0.2, -0.15) is 4.99 Å². The van der Waals surface area contributed by atoms with E-state index in [-0.39, 0.29) is 25.2 Å². The zero-order valence-corrected chi connectivity index (χ0v) is 16.2. The van der Waals surface area contributed by atoms with E-state index in [4.69, 9.17) is 20.9 Å². The highest BCUT2D eigenvalue weighted by molar-refractivity contribution is 9.10. The summed E-state index contributed by atoms with van der Waals surface area (Å²) in [5.41, 5.74) is 13.0. The normalized spacial score (nSPS) is 12.3. The Morgan fingerprint density at radius 1 is 1.04 bits per heavy atom. The lowest BCUT2D eigenvalue weighted by Gasteiger charge is -2.07. The van der Waals surface area contributed by atoms with Gasteiger partial charge in [0.25, 0.3) is 0 Å². The first kappa shape index (κ1) is 19.9. The number of nitrogens with two attached hydrogens (primary N) is 2. The second-order valence-electron chi connectivity index (χ2n) is 5.34. The van der Waals surface area contributed by atoms with Gasteiger partial charge in [0.2, 0.25) is 12.8 Å². The molecule has 1 heterocycles. The fourth-order valence-electron chi connectivity index (χ4n) is 2.24. The Balaban J connectivity index is 0.00000243. The van der Waals surface area contributed by atoms with E-state index in [0.717, 1.165) is 27.1 Å². The Labute approximate surface area is 166 Å². The number of hydrogen-bond acceptors (Lipinski definition) is 3. The maximum Gasteiger partial charge on any atom is 0.231 e. The monoisotopic (exact) mass is 439 g/mol. The molecule has 0 unspecified atom stereocenters. The average Bonchev–Trinajstić information content (AvgIpc) is 3.06. The molecular weight excluding hydrogens is 422 g/mol. The number of rotatable bonds is 4. The van der Waals surface area contributed by atoms with Gasteiger partial charge in [0.15, 0.2) is 17.5 Å². The summed E-state index contributed by atoms with van der Waals surface area (Å²) in [7, 11) is 0. The lowest BCUT2D eigenvalue weighted by Crippen LogP contribution is -2.29. The Kier molecular flexibility index (Phi) is 7.11. The summed E-state index contributed by atoms with van der Waals surface area (Å²) in [6.45, 7) is 1.22. The van der Waals surface area contributed by atoms with Crippen LogP contribution in [0.15, 0.2) is 56.9 Å². The lowest BCUT2D eigenvalue weighted by molar-refractivity contribution is 0.174. The van der Waals surface area contributed by atoms with E-state index in [2.05, 4.69) is 31.2 Å². The second kappa shape index (κ2) is 9.30. The van der Waals surface area contributed by atoms with Crippen molar-refractivity contribution in [2.24, 2.45) is 21.5 Å². The van der Waals surface area contributed by atoms with Gasteiger partial charge in [0, 0.05) is 11.0 Å². The number of nitrogens with zero attached hydrogens (tertiary/aromatic N) is 2. The third-order valence-corrected chi connectivity index (χ3v) is 3.98. The molecule has 0 saturated carbocycles. The highest BCUT2D eigenvalue weighted by Crippen LogP contribution is 2.32. The lowest BCUT2D eigenvalue weighted by atomic mass is 10.2. The molecule has 0 aromatic heterocycles. The molecule has 1 aliphatic rings. The maximum atomic E-state index is 5.49. The Bertz CT molecular complexity index is 807. The smallest absolute Gasteiger partial charge is 0.231 e. The van der Waals surface area contributed by atoms with Crippen LogP contribution in [0.25, 0.3) is 0 Å². The minimum atomic E-state index is -0.0484. The van der Waals surface area contributed by atoms with Gasteiger partial charge in [-0.25, -0.2) is 4.99 Å². The molecule has 0 amide bonds. The van der Waals surface area contributed by atoms with Crippen molar-refractivity contribution >= 4 is 40.3 Å². The van der Waals surface area contributed by atoms with Crippen LogP contribution in [0.3, 0.4) is 0 Å². The average molecular weight is 441 g/mol. The molecule has 0 atom stereocenters. The molecule has 0 bridgehead atoms. The number of nitrogens with one attached hydrogen (secondary N) is 1. The second-order valence-corrected chi connectivity index (χ2v) is 6.26. The summed E-state index contributed by atoms with van der Waals surface area (Å²) in [4.78, 5) is 8.49. The zero-order valence-electron chi connectivity index (χ0n) is 13.8. The topological polar surface area (TPSA) is 107 Å². The number of guanidine groups is 2. The van der Waals surface area contributed by atoms with Crippen molar-refractivity contribution in [1.82, 2.24) is 5.32 Å². The van der Waals surface area contributed by atoms with Crippen LogP contribution in [0.2, 0.25) is 0 Å². The summed E-state index contributed by atoms with van der Waals surface area (Å²) >= 11 is 3.41. The van der Waals surface area contributed by atoms with Gasteiger partial charge in [-0.15, -0.1) is 12.4 Å². The number of hydrogen-bond donors (Lipinski definition) is 3. The van der Waals surface area contributed by atoms with E-state index in [1.807, 2.05) is 42.5 Å². The van der Waals surface area contributed by atoms with Gasteiger partial charge < -0.3 is 26.3 Å². The molecule has 2 aromatic carbocycles. The predicted molar refractivity (Wildman–Crippen MR) is 108 cm³/mol. The summed E-state index contributed by atoms with van der Waals surface area (Å²) in [5.74, 6) is 1.79. The number of ether oxygens (including phenoxy) is 2. The van der Waals surface area contributed by atoms with E-state index in [1.165, 1.54) is 0 Å². The molecule has 1 aliphatic heterocycles. The molecule has 0 radical (unpaired) electrons. The van der Waals surface area contributed by atoms with Crippen LogP contribution in [0, 0.1) is 0 Å². The van der Waals surface area contributed by atoms with Gasteiger partial charge >= 0.3 is 0 Å². The van der Waals surface area contributed by atoms with Crippen LogP contribution in [-0.2, 0) is 13.1 Å². The minimum Gasteiger partial charge on any atom is -0.454 e. The fraction of sp³-hybridized carbons (Fsp3) is 0.176. The first-order valence-corrected chi connectivity index (χ1v) is 8.40. The fourth-order valence-corrected chi connectivity index (χ4v) is 2.51. The molecule has 3 rings (SSSR count). The summed E-state index contributed by atoms with van der Waals surface area (Å²) < 4.78 is 11.7. The Morgan fingerprint density at radius 3 is 2.46 bits per heavy atom. The van der Waals surface area contributed by atoms with Crippen molar-refractivity contribution in [1.29, 1.82) is 0 Å². The summed E-state index contributed by atoms with van der Waals surface area (Å²) in [6.07, 6.45) is 0. The van der Waals surface area contributed by atoms with Gasteiger partial charge in [0.1, 0.15) is 0 Å². The molecule has 9 heteroatoms. The number of aliphatic imine (C=N–C) groups is 2. The van der Waals surface area contributed by atoms with Crippen molar-refractivity contribution in [3.05, 3.63) is 58.1 Å². The minimum absolute atomic E-state index is 0. The highest BCUT2D eigenvalue weighted by Gasteiger charge is 2.12. The number of fused-ring (bicyclic) bond motifs is 1. The van der Waals surface area contributed by atoms with Crippen molar-refractivity contribution in [3.63, 3.8) is 0 Å². The molecule has 0 fully saturated rings. The molecule has 7 nitrogen and oxygen atoms in total. The van der Waals surface area contributed by atoms with Crippen LogP contribution in [0.4, 0.5) is 0 Å². The van der Waals surface area contributed by atoms with Crippen molar-refractivity contribution in [3.8, 4) is 11.5 Å². The van der Waals surface area contributed by atoms with E-state index in [0.29, 0.717) is 19.0 Å². The predicted octanol–water partition coefficient (Wildman–Crippen LogP) is 2.52. The van der Waals surface area contributed by atoms with Gasteiger partial charge in [-0.1, -0.05) is 34.1 Å². The number of halogens is 2. The Morgan fingerprint density at radius 2 is 1.73 bits per heavy atom. The molecular formula is C17H19BrClN5O2. The van der Waals surface area contributed by atoms with Crippen molar-refractivity contribution < 1.29 is 9.47 Å². The van der Waals surface area contributed by atoms with Crippen molar-refractivity contribution in [2.45, 2.75) is 13.1 Å². The largest absolute Gasteiger partial charge is 0.454 e. The molecule has 5 N–H and O–H groups in total. The quantitative estimate of drug-likeness (QED) is 0.500. The van der Waals surface area contributed by atoms with Crippen LogP contribution in [-0.4, -0.2) is 18.7 Å². The molecule has 26 heavy (non-hydrogen) atoms. The van der Waals surface area contributed by atoms with Gasteiger partial charge in [-0.3, -0.25) is 0 Å². The van der Waals surface area contributed by atoms with Crippen LogP contribution >= 0.6 is 28.3 Å². The third-order valence-electron chi connectivity index (χ3n) is 3.45. The summed E-state index contributed by atoms with van der Waals surface area (Å²) in [6, 6.07) is 13.6. The van der Waals surface area contributed by atoms with Crippen molar-refractivity contribution in [2.75, 3.05) is 6.79 Å². The van der Waals surface area contributed by atoms with Gasteiger partial charge in [0.05, 0.1) is 6.54 Å². The van der Waals surface area contributed by atoms with Crippen LogP contribution in [0.5, 0.6) is 11.5 Å². The maximum absolute atomic E-state index is 5.49. The van der Waals surface area contributed by atoms with E-state index in [1.54, 1.807) is 0 Å². The molecule has 0 saturated heterocycles. The van der Waals surface area contributed by atoms with Gasteiger partial charge in [-0.05, 0) is 35.4 Å².